The summed E-state index contributed by atoms with van der Waals surface area (Å²) in [6, 6.07) is 7.00. The lowest BCUT2D eigenvalue weighted by Crippen LogP contribution is -2.39. The predicted molar refractivity (Wildman–Crippen MR) is 80.7 cm³/mol. The third-order valence-electron chi connectivity index (χ3n) is 2.92. The summed E-state index contributed by atoms with van der Waals surface area (Å²) in [5, 5.41) is 9.20. The zero-order valence-corrected chi connectivity index (χ0v) is 13.0. The zero-order chi connectivity index (χ0) is 15.8. The highest BCUT2D eigenvalue weighted by molar-refractivity contribution is 6.32. The molecule has 1 amide bonds. The Kier molecular flexibility index (Phi) is 7.02. The first-order valence-electron chi connectivity index (χ1n) is 6.80. The molecule has 5 nitrogen and oxygen atoms in total. The minimum atomic E-state index is -0.916. The molecular weight excluding hydrogens is 294 g/mol. The molecule has 0 spiro atoms. The number of nitrogens with zero attached hydrogens (tertiary/aromatic N) is 1. The van der Waals surface area contributed by atoms with Gasteiger partial charge in [-0.3, -0.25) is 9.59 Å². The molecule has 6 heteroatoms. The fourth-order valence-electron chi connectivity index (χ4n) is 1.84. The first-order valence-corrected chi connectivity index (χ1v) is 7.18. The van der Waals surface area contributed by atoms with Gasteiger partial charge in [-0.15, -0.1) is 0 Å². The number of ether oxygens (including phenoxy) is 1. The van der Waals surface area contributed by atoms with E-state index in [4.69, 9.17) is 21.4 Å². The van der Waals surface area contributed by atoms with Crippen LogP contribution in [-0.4, -0.2) is 41.1 Å². The Labute approximate surface area is 129 Å². The normalized spacial score (nSPS) is 10.5. The van der Waals surface area contributed by atoms with E-state index >= 15 is 0 Å². The molecule has 116 valence electrons. The molecule has 0 saturated carbocycles. The summed E-state index contributed by atoms with van der Waals surface area (Å²) in [5.41, 5.74) is 0. The minimum Gasteiger partial charge on any atom is -0.491 e. The van der Waals surface area contributed by atoms with E-state index in [2.05, 4.69) is 0 Å². The molecule has 0 radical (unpaired) electrons. The molecule has 21 heavy (non-hydrogen) atoms. The van der Waals surface area contributed by atoms with Gasteiger partial charge in [-0.05, 0) is 26.0 Å². The average Bonchev–Trinajstić information content (AvgIpc) is 2.40. The minimum absolute atomic E-state index is 0.0443. The van der Waals surface area contributed by atoms with E-state index in [0.29, 0.717) is 10.8 Å². The lowest BCUT2D eigenvalue weighted by molar-refractivity contribution is -0.139. The van der Waals surface area contributed by atoms with Crippen molar-refractivity contribution in [2.24, 2.45) is 0 Å². The molecule has 1 N–H and O–H groups in total. The summed E-state index contributed by atoms with van der Waals surface area (Å²) in [7, 11) is 0. The van der Waals surface area contributed by atoms with Crippen molar-refractivity contribution in [3.63, 3.8) is 0 Å². The molecule has 0 aromatic heterocycles. The van der Waals surface area contributed by atoms with Crippen LogP contribution in [0.5, 0.6) is 5.75 Å². The van der Waals surface area contributed by atoms with Gasteiger partial charge in [-0.1, -0.05) is 23.7 Å². The molecule has 0 aliphatic rings. The molecule has 0 unspecified atom stereocenters. The predicted octanol–water partition coefficient (Wildman–Crippen LogP) is 2.82. The lowest BCUT2D eigenvalue weighted by atomic mass is 10.2. The number of aliphatic carboxylic acids is 1. The summed E-state index contributed by atoms with van der Waals surface area (Å²) < 4.78 is 5.47. The van der Waals surface area contributed by atoms with E-state index < -0.39 is 5.97 Å². The average molecular weight is 314 g/mol. The number of carbonyl (C=O) groups excluding carboxylic acids is 1. The molecule has 0 aliphatic heterocycles. The first-order chi connectivity index (χ1) is 9.91. The van der Waals surface area contributed by atoms with Crippen molar-refractivity contribution in [2.45, 2.75) is 32.7 Å². The maximum Gasteiger partial charge on any atom is 0.305 e. The Bertz CT molecular complexity index is 490. The van der Waals surface area contributed by atoms with Crippen molar-refractivity contribution in [2.75, 3.05) is 13.2 Å². The molecule has 0 fully saturated rings. The molecule has 0 saturated heterocycles. The first kappa shape index (κ1) is 17.3. The van der Waals surface area contributed by atoms with Crippen molar-refractivity contribution in [1.29, 1.82) is 0 Å². The number of carboxylic acids is 1. The SMILES string of the molecule is CC(C)N(CCC(=O)O)C(=O)CCOc1ccccc1Cl. The summed E-state index contributed by atoms with van der Waals surface area (Å²) >= 11 is 5.95. The quantitative estimate of drug-likeness (QED) is 0.801. The monoisotopic (exact) mass is 313 g/mol. The molecule has 1 aromatic carbocycles. The zero-order valence-electron chi connectivity index (χ0n) is 12.2. The summed E-state index contributed by atoms with van der Waals surface area (Å²) in [6.45, 7) is 4.13. The number of para-hydroxylation sites is 1. The molecule has 0 aliphatic carbocycles. The van der Waals surface area contributed by atoms with E-state index in [-0.39, 0.29) is 37.9 Å². The number of halogens is 1. The van der Waals surface area contributed by atoms with Gasteiger partial charge in [0, 0.05) is 12.6 Å². The largest absolute Gasteiger partial charge is 0.491 e. The number of rotatable bonds is 8. The van der Waals surface area contributed by atoms with Crippen molar-refractivity contribution in [3.05, 3.63) is 29.3 Å². The van der Waals surface area contributed by atoms with Crippen molar-refractivity contribution in [1.82, 2.24) is 4.90 Å². The highest BCUT2D eigenvalue weighted by Gasteiger charge is 2.17. The van der Waals surface area contributed by atoms with E-state index in [0.717, 1.165) is 0 Å². The van der Waals surface area contributed by atoms with Gasteiger partial charge in [0.25, 0.3) is 0 Å². The number of hydrogen-bond acceptors (Lipinski definition) is 3. The Balaban J connectivity index is 2.46. The van der Waals surface area contributed by atoms with Crippen molar-refractivity contribution < 1.29 is 19.4 Å². The summed E-state index contributed by atoms with van der Waals surface area (Å²) in [5.74, 6) is -0.507. The van der Waals surface area contributed by atoms with Gasteiger partial charge in [0.2, 0.25) is 5.91 Å². The van der Waals surface area contributed by atoms with Gasteiger partial charge in [-0.2, -0.15) is 0 Å². The number of carbonyl (C=O) groups is 2. The molecule has 1 rings (SSSR count). The second-order valence-corrected chi connectivity index (χ2v) is 5.26. The number of carboxylic acid groups (broad SMARTS) is 1. The molecular formula is C15H20ClNO4. The lowest BCUT2D eigenvalue weighted by Gasteiger charge is -2.26. The van der Waals surface area contributed by atoms with Crippen LogP contribution in [0.25, 0.3) is 0 Å². The highest BCUT2D eigenvalue weighted by Crippen LogP contribution is 2.23. The van der Waals surface area contributed by atoms with Gasteiger partial charge in [-0.25, -0.2) is 0 Å². The Morgan fingerprint density at radius 3 is 2.52 bits per heavy atom. The van der Waals surface area contributed by atoms with E-state index in [1.807, 2.05) is 13.8 Å². The third kappa shape index (κ3) is 6.04. The van der Waals surface area contributed by atoms with Gasteiger partial charge < -0.3 is 14.7 Å². The molecule has 0 heterocycles. The van der Waals surface area contributed by atoms with Crippen LogP contribution < -0.4 is 4.74 Å². The van der Waals surface area contributed by atoms with Crippen LogP contribution in [0.4, 0.5) is 0 Å². The van der Waals surface area contributed by atoms with Crippen LogP contribution in [0.15, 0.2) is 24.3 Å². The van der Waals surface area contributed by atoms with Crippen LogP contribution in [0.2, 0.25) is 5.02 Å². The second-order valence-electron chi connectivity index (χ2n) is 4.85. The van der Waals surface area contributed by atoms with Gasteiger partial charge in [0.1, 0.15) is 5.75 Å². The Hall–Kier alpha value is -1.75. The maximum atomic E-state index is 12.1. The topological polar surface area (TPSA) is 66.8 Å². The van der Waals surface area contributed by atoms with Crippen LogP contribution in [0, 0.1) is 0 Å². The van der Waals surface area contributed by atoms with Gasteiger partial charge >= 0.3 is 5.97 Å². The summed E-state index contributed by atoms with van der Waals surface area (Å²) in [6.07, 6.45) is 0.123. The van der Waals surface area contributed by atoms with Crippen LogP contribution in [0.3, 0.4) is 0 Å². The standard InChI is InChI=1S/C15H20ClNO4/c1-11(2)17(9-7-15(19)20)14(18)8-10-21-13-6-4-3-5-12(13)16/h3-6,11H,7-10H2,1-2H3,(H,19,20). The Morgan fingerprint density at radius 1 is 1.29 bits per heavy atom. The fraction of sp³-hybridized carbons (Fsp3) is 0.467. The molecule has 0 atom stereocenters. The van der Waals surface area contributed by atoms with E-state index in [9.17, 15) is 9.59 Å². The fourth-order valence-corrected chi connectivity index (χ4v) is 2.03. The molecule has 1 aromatic rings. The number of amides is 1. The van der Waals surface area contributed by atoms with Gasteiger partial charge in [0.05, 0.1) is 24.5 Å². The molecule has 0 bridgehead atoms. The number of benzene rings is 1. The van der Waals surface area contributed by atoms with Crippen molar-refractivity contribution in [3.8, 4) is 5.75 Å². The number of hydrogen-bond donors (Lipinski definition) is 1. The Morgan fingerprint density at radius 2 is 1.95 bits per heavy atom. The third-order valence-corrected chi connectivity index (χ3v) is 3.23. The highest BCUT2D eigenvalue weighted by atomic mass is 35.5. The summed E-state index contributed by atoms with van der Waals surface area (Å²) in [4.78, 5) is 24.2. The van der Waals surface area contributed by atoms with Crippen LogP contribution in [-0.2, 0) is 9.59 Å². The van der Waals surface area contributed by atoms with E-state index in [1.54, 1.807) is 29.2 Å². The van der Waals surface area contributed by atoms with E-state index in [1.165, 1.54) is 0 Å². The van der Waals surface area contributed by atoms with Crippen molar-refractivity contribution >= 4 is 23.5 Å². The van der Waals surface area contributed by atoms with Crippen LogP contribution >= 0.6 is 11.6 Å². The smallest absolute Gasteiger partial charge is 0.305 e. The second kappa shape index (κ2) is 8.52. The maximum absolute atomic E-state index is 12.1. The van der Waals surface area contributed by atoms with Gasteiger partial charge in [0.15, 0.2) is 0 Å². The van der Waals surface area contributed by atoms with Crippen LogP contribution in [0.1, 0.15) is 26.7 Å².